The summed E-state index contributed by atoms with van der Waals surface area (Å²) in [6.45, 7) is 3.03. The van der Waals surface area contributed by atoms with Crippen LogP contribution in [0, 0.1) is 5.92 Å². The quantitative estimate of drug-likeness (QED) is 0.694. The normalized spacial score (nSPS) is 16.2. The molecule has 0 radical (unpaired) electrons. The number of aromatic nitrogens is 1. The average Bonchev–Trinajstić information content (AvgIpc) is 3.06. The van der Waals surface area contributed by atoms with Gasteiger partial charge in [0.15, 0.2) is 10.9 Å². The highest BCUT2D eigenvalue weighted by molar-refractivity contribution is 7.22. The van der Waals surface area contributed by atoms with Gasteiger partial charge in [0.1, 0.15) is 0 Å². The number of nitrogen functional groups attached to an aromatic ring is 1. The molecule has 2 aromatic carbocycles. The van der Waals surface area contributed by atoms with Crippen molar-refractivity contribution >= 4 is 32.5 Å². The molecule has 0 saturated carbocycles. The number of hydrogen-bond acceptors (Lipinski definition) is 5. The Balaban J connectivity index is 1.30. The van der Waals surface area contributed by atoms with Gasteiger partial charge >= 0.3 is 0 Å². The third kappa shape index (κ3) is 3.79. The largest absolute Gasteiger partial charge is 0.375 e. The lowest BCUT2D eigenvalue weighted by atomic mass is 9.89. The molecule has 3 aromatic rings. The zero-order valence-corrected chi connectivity index (χ0v) is 15.5. The van der Waals surface area contributed by atoms with E-state index in [2.05, 4.69) is 28.1 Å². The van der Waals surface area contributed by atoms with Gasteiger partial charge in [-0.2, -0.15) is 0 Å². The Kier molecular flexibility index (Phi) is 5.00. The number of hydrogen-bond donors (Lipinski definition) is 1. The van der Waals surface area contributed by atoms with Crippen molar-refractivity contribution in [1.82, 2.24) is 9.88 Å². The second kappa shape index (κ2) is 7.56. The van der Waals surface area contributed by atoms with E-state index < -0.39 is 0 Å². The number of piperidine rings is 1. The highest BCUT2D eigenvalue weighted by Crippen LogP contribution is 2.25. The van der Waals surface area contributed by atoms with Crippen molar-refractivity contribution < 1.29 is 4.79 Å². The molecule has 0 amide bonds. The van der Waals surface area contributed by atoms with E-state index in [4.69, 9.17) is 5.73 Å². The first-order valence-electron chi connectivity index (χ1n) is 9.15. The molecule has 1 aliphatic heterocycles. The third-order valence-electron chi connectivity index (χ3n) is 5.20. The van der Waals surface area contributed by atoms with Gasteiger partial charge in [-0.15, -0.1) is 0 Å². The zero-order chi connectivity index (χ0) is 17.9. The molecule has 4 rings (SSSR count). The van der Waals surface area contributed by atoms with Crippen LogP contribution in [0.15, 0.2) is 48.5 Å². The predicted molar refractivity (Wildman–Crippen MR) is 108 cm³/mol. The van der Waals surface area contributed by atoms with Crippen LogP contribution in [0.25, 0.3) is 10.2 Å². The third-order valence-corrected chi connectivity index (χ3v) is 6.05. The summed E-state index contributed by atoms with van der Waals surface area (Å²) in [5.41, 5.74) is 8.94. The van der Waals surface area contributed by atoms with Crippen molar-refractivity contribution in [3.05, 3.63) is 59.7 Å². The van der Waals surface area contributed by atoms with Crippen LogP contribution in [-0.4, -0.2) is 35.3 Å². The van der Waals surface area contributed by atoms with Crippen LogP contribution in [0.1, 0.15) is 28.8 Å². The lowest BCUT2D eigenvalue weighted by Crippen LogP contribution is -2.37. The molecule has 2 N–H and O–H groups in total. The standard InChI is InChI=1S/C21H23N3OS/c22-21-23-18-7-6-15(14-19(18)26-21)8-11-24-12-9-17(10-13-24)20(25)16-4-2-1-3-5-16/h1-7,14,17H,8-13H2,(H2,22,23). The molecular formula is C21H23N3OS. The van der Waals surface area contributed by atoms with Gasteiger partial charge < -0.3 is 10.6 Å². The fraction of sp³-hybridized carbons (Fsp3) is 0.333. The molecule has 134 valence electrons. The fourth-order valence-corrected chi connectivity index (χ4v) is 4.48. The van der Waals surface area contributed by atoms with Gasteiger partial charge in [0.25, 0.3) is 0 Å². The van der Waals surface area contributed by atoms with Crippen LogP contribution < -0.4 is 5.73 Å². The first kappa shape index (κ1) is 17.2. The number of fused-ring (bicyclic) bond motifs is 1. The Morgan fingerprint density at radius 2 is 1.92 bits per heavy atom. The molecule has 0 bridgehead atoms. The summed E-state index contributed by atoms with van der Waals surface area (Å²) in [5.74, 6) is 0.476. The number of carbonyl (C=O) groups is 1. The summed E-state index contributed by atoms with van der Waals surface area (Å²) < 4.78 is 1.16. The molecule has 0 aliphatic carbocycles. The number of carbonyl (C=O) groups excluding carboxylic acids is 1. The molecule has 4 nitrogen and oxygen atoms in total. The Morgan fingerprint density at radius 1 is 1.15 bits per heavy atom. The van der Waals surface area contributed by atoms with Crippen molar-refractivity contribution in [3.8, 4) is 0 Å². The van der Waals surface area contributed by atoms with Crippen LogP contribution in [0.3, 0.4) is 0 Å². The van der Waals surface area contributed by atoms with E-state index in [0.717, 1.165) is 54.7 Å². The molecule has 2 heterocycles. The second-order valence-electron chi connectivity index (χ2n) is 6.95. The van der Waals surface area contributed by atoms with Crippen molar-refractivity contribution in [3.63, 3.8) is 0 Å². The Bertz CT molecular complexity index is 898. The van der Waals surface area contributed by atoms with E-state index in [-0.39, 0.29) is 5.92 Å². The minimum Gasteiger partial charge on any atom is -0.375 e. The maximum atomic E-state index is 12.6. The molecule has 26 heavy (non-hydrogen) atoms. The molecule has 0 unspecified atom stereocenters. The van der Waals surface area contributed by atoms with Crippen LogP contribution in [0.2, 0.25) is 0 Å². The lowest BCUT2D eigenvalue weighted by Gasteiger charge is -2.31. The highest BCUT2D eigenvalue weighted by atomic mass is 32.1. The number of rotatable bonds is 5. The minimum atomic E-state index is 0.171. The number of likely N-dealkylation sites (tertiary alicyclic amines) is 1. The van der Waals surface area contributed by atoms with Crippen LogP contribution in [-0.2, 0) is 6.42 Å². The van der Waals surface area contributed by atoms with Crippen LogP contribution in [0.5, 0.6) is 0 Å². The maximum absolute atomic E-state index is 12.6. The van der Waals surface area contributed by atoms with Crippen molar-refractivity contribution in [2.24, 2.45) is 5.92 Å². The van der Waals surface area contributed by atoms with Crippen molar-refractivity contribution in [2.45, 2.75) is 19.3 Å². The summed E-state index contributed by atoms with van der Waals surface area (Å²) >= 11 is 1.54. The van der Waals surface area contributed by atoms with Gasteiger partial charge in [0, 0.05) is 18.0 Å². The maximum Gasteiger partial charge on any atom is 0.181 e. The van der Waals surface area contributed by atoms with Gasteiger partial charge in [-0.3, -0.25) is 4.79 Å². The summed E-state index contributed by atoms with van der Waals surface area (Å²) in [6.07, 6.45) is 2.93. The Labute approximate surface area is 157 Å². The second-order valence-corrected chi connectivity index (χ2v) is 8.01. The molecule has 0 spiro atoms. The Hall–Kier alpha value is -2.24. The SMILES string of the molecule is Nc1nc2ccc(CCN3CCC(C(=O)c4ccccc4)CC3)cc2s1. The molecule has 1 aromatic heterocycles. The van der Waals surface area contributed by atoms with E-state index in [1.807, 2.05) is 30.3 Å². The topological polar surface area (TPSA) is 59.2 Å². The van der Waals surface area contributed by atoms with Gasteiger partial charge in [-0.1, -0.05) is 47.7 Å². The number of nitrogens with two attached hydrogens (primary N) is 1. The summed E-state index contributed by atoms with van der Waals surface area (Å²) in [7, 11) is 0. The van der Waals surface area contributed by atoms with Gasteiger partial charge in [0.2, 0.25) is 0 Å². The summed E-state index contributed by atoms with van der Waals surface area (Å²) in [6, 6.07) is 16.1. The molecule has 1 saturated heterocycles. The predicted octanol–water partition coefficient (Wildman–Crippen LogP) is 4.02. The molecular weight excluding hydrogens is 342 g/mol. The first-order valence-corrected chi connectivity index (χ1v) is 9.97. The average molecular weight is 366 g/mol. The van der Waals surface area contributed by atoms with Crippen LogP contribution >= 0.6 is 11.3 Å². The lowest BCUT2D eigenvalue weighted by molar-refractivity contribution is 0.0841. The highest BCUT2D eigenvalue weighted by Gasteiger charge is 2.25. The Morgan fingerprint density at radius 3 is 2.69 bits per heavy atom. The van der Waals surface area contributed by atoms with Crippen molar-refractivity contribution in [2.75, 3.05) is 25.4 Å². The number of thiazole rings is 1. The number of benzene rings is 2. The smallest absolute Gasteiger partial charge is 0.181 e. The number of Topliss-reactive ketones (excluding diaryl/α,β-unsaturated/α-hetero) is 1. The van der Waals surface area contributed by atoms with Gasteiger partial charge in [0.05, 0.1) is 10.2 Å². The molecule has 5 heteroatoms. The minimum absolute atomic E-state index is 0.171. The monoisotopic (exact) mass is 365 g/mol. The number of ketones is 1. The molecule has 0 atom stereocenters. The summed E-state index contributed by atoms with van der Waals surface area (Å²) in [5, 5.41) is 0.627. The van der Waals surface area contributed by atoms with E-state index in [9.17, 15) is 4.79 Å². The van der Waals surface area contributed by atoms with E-state index in [0.29, 0.717) is 10.9 Å². The van der Waals surface area contributed by atoms with Gasteiger partial charge in [-0.05, 0) is 50.0 Å². The van der Waals surface area contributed by atoms with E-state index >= 15 is 0 Å². The summed E-state index contributed by atoms with van der Waals surface area (Å²) in [4.78, 5) is 19.4. The number of nitrogens with zero attached hydrogens (tertiary/aromatic N) is 2. The molecule has 1 fully saturated rings. The van der Waals surface area contributed by atoms with E-state index in [1.54, 1.807) is 11.3 Å². The molecule has 1 aliphatic rings. The van der Waals surface area contributed by atoms with Crippen molar-refractivity contribution in [1.29, 1.82) is 0 Å². The fourth-order valence-electron chi connectivity index (χ4n) is 3.69. The number of anilines is 1. The van der Waals surface area contributed by atoms with E-state index in [1.165, 1.54) is 5.56 Å². The van der Waals surface area contributed by atoms with Gasteiger partial charge in [-0.25, -0.2) is 4.98 Å². The first-order chi connectivity index (χ1) is 12.7. The van der Waals surface area contributed by atoms with Crippen LogP contribution in [0.4, 0.5) is 5.13 Å². The zero-order valence-electron chi connectivity index (χ0n) is 14.7.